The van der Waals surface area contributed by atoms with Crippen molar-refractivity contribution in [1.82, 2.24) is 14.6 Å². The summed E-state index contributed by atoms with van der Waals surface area (Å²) in [6, 6.07) is 6.17. The van der Waals surface area contributed by atoms with Crippen molar-refractivity contribution in [2.75, 3.05) is 0 Å². The molecule has 1 aromatic carbocycles. The highest BCUT2D eigenvalue weighted by Crippen LogP contribution is 2.20. The quantitative estimate of drug-likeness (QED) is 0.774. The van der Waals surface area contributed by atoms with Crippen molar-refractivity contribution in [3.8, 4) is 5.88 Å². The van der Waals surface area contributed by atoms with Gasteiger partial charge in [-0.1, -0.05) is 25.1 Å². The van der Waals surface area contributed by atoms with Crippen LogP contribution in [0.15, 0.2) is 35.3 Å². The Balaban J connectivity index is 2.16. The molecule has 2 aromatic heterocycles. The molecule has 0 aliphatic carbocycles. The Labute approximate surface area is 119 Å². The summed E-state index contributed by atoms with van der Waals surface area (Å²) in [5, 5.41) is 14.3. The number of nitrogens with one attached hydrogen (secondary N) is 1. The second-order valence-electron chi connectivity index (χ2n) is 4.81. The fourth-order valence-corrected chi connectivity index (χ4v) is 2.34. The fraction of sp³-hybridized carbons (Fsp3) is 0.200. The number of benzene rings is 1. The molecule has 3 aromatic rings. The lowest BCUT2D eigenvalue weighted by atomic mass is 10.1. The zero-order valence-electron chi connectivity index (χ0n) is 11.4. The monoisotopic (exact) mass is 287 g/mol. The predicted octanol–water partition coefficient (Wildman–Crippen LogP) is 2.02. The lowest BCUT2D eigenvalue weighted by Crippen LogP contribution is -2.17. The number of nitrogens with zero attached hydrogens (tertiary/aromatic N) is 2. The molecule has 0 atom stereocenters. The second-order valence-corrected chi connectivity index (χ2v) is 4.81. The summed E-state index contributed by atoms with van der Waals surface area (Å²) >= 11 is 0. The van der Waals surface area contributed by atoms with E-state index in [-0.39, 0.29) is 17.9 Å². The van der Waals surface area contributed by atoms with Crippen molar-refractivity contribution < 1.29 is 9.50 Å². The lowest BCUT2D eigenvalue weighted by molar-refractivity contribution is 0.427. The van der Waals surface area contributed by atoms with Gasteiger partial charge in [0.25, 0.3) is 5.56 Å². The molecule has 0 fully saturated rings. The first-order valence-corrected chi connectivity index (χ1v) is 6.66. The topological polar surface area (TPSA) is 70.4 Å². The normalized spacial score (nSPS) is 11.1. The number of aromatic hydroxyl groups is 1. The number of hydrogen-bond donors (Lipinski definition) is 2. The van der Waals surface area contributed by atoms with Crippen LogP contribution in [0.5, 0.6) is 5.88 Å². The number of aromatic amines is 1. The maximum Gasteiger partial charge on any atom is 0.258 e. The summed E-state index contributed by atoms with van der Waals surface area (Å²) in [4.78, 5) is 14.9. The minimum absolute atomic E-state index is 0.00506. The van der Waals surface area contributed by atoms with Gasteiger partial charge in [-0.15, -0.1) is 0 Å². The Hall–Kier alpha value is -2.63. The summed E-state index contributed by atoms with van der Waals surface area (Å²) < 4.78 is 15.0. The summed E-state index contributed by atoms with van der Waals surface area (Å²) in [6.07, 6.45) is 2.29. The van der Waals surface area contributed by atoms with Crippen LogP contribution in [0.2, 0.25) is 0 Å². The van der Waals surface area contributed by atoms with Gasteiger partial charge in [0.15, 0.2) is 0 Å². The van der Waals surface area contributed by atoms with Crippen LogP contribution in [0.3, 0.4) is 0 Å². The van der Waals surface area contributed by atoms with Crippen molar-refractivity contribution in [3.63, 3.8) is 0 Å². The van der Waals surface area contributed by atoms with Crippen LogP contribution >= 0.6 is 0 Å². The first-order chi connectivity index (χ1) is 10.1. The molecule has 0 radical (unpaired) electrons. The second kappa shape index (κ2) is 5.05. The Morgan fingerprint density at radius 2 is 2.10 bits per heavy atom. The van der Waals surface area contributed by atoms with Crippen molar-refractivity contribution in [2.24, 2.45) is 0 Å². The summed E-state index contributed by atoms with van der Waals surface area (Å²) in [7, 11) is 0. The van der Waals surface area contributed by atoms with Crippen LogP contribution in [0, 0.1) is 5.82 Å². The Kier molecular flexibility index (Phi) is 3.21. The molecule has 2 heterocycles. The molecule has 6 heteroatoms. The van der Waals surface area contributed by atoms with Crippen molar-refractivity contribution in [1.29, 1.82) is 0 Å². The average molecular weight is 287 g/mol. The van der Waals surface area contributed by atoms with Gasteiger partial charge in [0.05, 0.1) is 11.8 Å². The molecule has 0 spiro atoms. The molecule has 0 aliphatic rings. The highest BCUT2D eigenvalue weighted by molar-refractivity contribution is 5.50. The van der Waals surface area contributed by atoms with E-state index >= 15 is 0 Å². The summed E-state index contributed by atoms with van der Waals surface area (Å²) in [5.41, 5.74) is 1.31. The summed E-state index contributed by atoms with van der Waals surface area (Å²) in [6.45, 7) is 1.93. The third-order valence-electron chi connectivity index (χ3n) is 3.53. The molecule has 108 valence electrons. The van der Waals surface area contributed by atoms with Crippen molar-refractivity contribution in [2.45, 2.75) is 19.8 Å². The Bertz CT molecular complexity index is 867. The molecule has 0 bridgehead atoms. The van der Waals surface area contributed by atoms with Crippen molar-refractivity contribution >= 4 is 5.65 Å². The van der Waals surface area contributed by atoms with Crippen LogP contribution in [-0.4, -0.2) is 19.7 Å². The zero-order chi connectivity index (χ0) is 15.0. The van der Waals surface area contributed by atoms with E-state index in [1.54, 1.807) is 24.4 Å². The molecule has 0 unspecified atom stereocenters. The predicted molar refractivity (Wildman–Crippen MR) is 76.1 cm³/mol. The molecule has 0 saturated carbocycles. The highest BCUT2D eigenvalue weighted by atomic mass is 19.1. The third kappa shape index (κ3) is 2.18. The molecule has 0 aliphatic heterocycles. The molecule has 5 nitrogen and oxygen atoms in total. The van der Waals surface area contributed by atoms with E-state index in [1.165, 1.54) is 10.6 Å². The van der Waals surface area contributed by atoms with E-state index in [0.29, 0.717) is 17.6 Å². The minimum Gasteiger partial charge on any atom is -0.493 e. The van der Waals surface area contributed by atoms with Gasteiger partial charge in [-0.25, -0.2) is 4.39 Å². The van der Waals surface area contributed by atoms with E-state index in [4.69, 9.17) is 0 Å². The number of rotatable bonds is 3. The van der Waals surface area contributed by atoms with Crippen LogP contribution in [0.1, 0.15) is 23.6 Å². The van der Waals surface area contributed by atoms with Crippen LogP contribution in [-0.2, 0) is 12.8 Å². The molecule has 0 saturated heterocycles. The number of aromatic nitrogens is 3. The minimum atomic E-state index is -0.432. The van der Waals surface area contributed by atoms with Crippen LogP contribution in [0.25, 0.3) is 5.65 Å². The first-order valence-electron chi connectivity index (χ1n) is 6.66. The number of aryl methyl sites for hydroxylation is 1. The van der Waals surface area contributed by atoms with Gasteiger partial charge in [0, 0.05) is 12.0 Å². The molecule has 0 amide bonds. The molecular weight excluding hydrogens is 273 g/mol. The lowest BCUT2D eigenvalue weighted by Gasteiger charge is -2.07. The van der Waals surface area contributed by atoms with E-state index in [0.717, 1.165) is 5.56 Å². The molecule has 2 N–H and O–H groups in total. The van der Waals surface area contributed by atoms with Gasteiger partial charge >= 0.3 is 0 Å². The SMILES string of the molecule is CCc1cnn2c(O)c(Cc3ccccc3F)c(=O)[nH]c12. The van der Waals surface area contributed by atoms with Gasteiger partial charge < -0.3 is 10.1 Å². The van der Waals surface area contributed by atoms with Gasteiger partial charge in [0.1, 0.15) is 11.5 Å². The largest absolute Gasteiger partial charge is 0.493 e. The van der Waals surface area contributed by atoms with E-state index in [1.807, 2.05) is 6.92 Å². The number of H-pyrrole nitrogens is 1. The van der Waals surface area contributed by atoms with E-state index < -0.39 is 11.4 Å². The highest BCUT2D eigenvalue weighted by Gasteiger charge is 2.16. The number of halogens is 1. The smallest absolute Gasteiger partial charge is 0.258 e. The fourth-order valence-electron chi connectivity index (χ4n) is 2.34. The maximum atomic E-state index is 13.7. The average Bonchev–Trinajstić information content (AvgIpc) is 2.88. The molecule has 3 rings (SSSR count). The third-order valence-corrected chi connectivity index (χ3v) is 3.53. The number of hydrogen-bond acceptors (Lipinski definition) is 3. The Morgan fingerprint density at radius 1 is 1.33 bits per heavy atom. The van der Waals surface area contributed by atoms with Gasteiger partial charge in [-0.2, -0.15) is 9.61 Å². The van der Waals surface area contributed by atoms with Gasteiger partial charge in [-0.3, -0.25) is 4.79 Å². The standard InChI is InChI=1S/C15H14FN3O2/c1-2-9-8-17-19-13(9)18-14(20)11(15(19)21)7-10-5-3-4-6-12(10)16/h3-6,8,21H,2,7H2,1H3,(H,18,20). The molecular formula is C15H14FN3O2. The van der Waals surface area contributed by atoms with E-state index in [2.05, 4.69) is 10.1 Å². The van der Waals surface area contributed by atoms with E-state index in [9.17, 15) is 14.3 Å². The summed E-state index contributed by atoms with van der Waals surface area (Å²) in [5.74, 6) is -0.664. The van der Waals surface area contributed by atoms with Gasteiger partial charge in [0.2, 0.25) is 5.88 Å². The first kappa shape index (κ1) is 13.4. The van der Waals surface area contributed by atoms with Crippen LogP contribution < -0.4 is 5.56 Å². The maximum absolute atomic E-state index is 13.7. The molecule has 21 heavy (non-hydrogen) atoms. The zero-order valence-corrected chi connectivity index (χ0v) is 11.4. The number of fused-ring (bicyclic) bond motifs is 1. The van der Waals surface area contributed by atoms with Gasteiger partial charge in [-0.05, 0) is 18.1 Å². The Morgan fingerprint density at radius 3 is 2.81 bits per heavy atom. The van der Waals surface area contributed by atoms with Crippen LogP contribution in [0.4, 0.5) is 4.39 Å². The van der Waals surface area contributed by atoms with Crippen molar-refractivity contribution in [3.05, 3.63) is 63.3 Å².